The molecule has 0 atom stereocenters. The highest BCUT2D eigenvalue weighted by atomic mass is 19.1. The lowest BCUT2D eigenvalue weighted by Crippen LogP contribution is -2.01. The predicted molar refractivity (Wildman–Crippen MR) is 67.4 cm³/mol. The summed E-state index contributed by atoms with van der Waals surface area (Å²) >= 11 is 0. The number of nitrogens with zero attached hydrogens (tertiary/aromatic N) is 2. The van der Waals surface area contributed by atoms with E-state index >= 15 is 0 Å². The molecule has 2 aromatic rings. The first-order valence-corrected chi connectivity index (χ1v) is 5.10. The molecule has 0 fully saturated rings. The summed E-state index contributed by atoms with van der Waals surface area (Å²) < 4.78 is 13.0. The molecule has 1 aromatic heterocycles. The van der Waals surface area contributed by atoms with Gasteiger partial charge in [0.1, 0.15) is 0 Å². The van der Waals surface area contributed by atoms with Crippen LogP contribution in [0.1, 0.15) is 0 Å². The van der Waals surface area contributed by atoms with Gasteiger partial charge in [0.2, 0.25) is 0 Å². The number of hydrogen-bond acceptors (Lipinski definition) is 2. The van der Waals surface area contributed by atoms with Crippen molar-refractivity contribution in [2.24, 2.45) is 0 Å². The van der Waals surface area contributed by atoms with Gasteiger partial charge in [-0.2, -0.15) is 4.39 Å². The van der Waals surface area contributed by atoms with E-state index in [1.54, 1.807) is 12.1 Å². The summed E-state index contributed by atoms with van der Waals surface area (Å²) in [5, 5.41) is 2.21. The van der Waals surface area contributed by atoms with Crippen molar-refractivity contribution in [3.05, 3.63) is 59.1 Å². The highest BCUT2D eigenvalue weighted by Crippen LogP contribution is 2.01. The van der Waals surface area contributed by atoms with Gasteiger partial charge in [-0.05, 0) is 10.4 Å². The van der Waals surface area contributed by atoms with Gasteiger partial charge < -0.3 is 0 Å². The minimum Gasteiger partial charge on any atom is -0.210 e. The van der Waals surface area contributed by atoms with Gasteiger partial charge in [-0.15, -0.1) is 0 Å². The molecular formula is C14H11FN2. The van der Waals surface area contributed by atoms with Gasteiger partial charge in [0.05, 0.1) is 5.52 Å². The van der Waals surface area contributed by atoms with Crippen LogP contribution in [0.25, 0.3) is 24.1 Å². The highest BCUT2D eigenvalue weighted by molar-refractivity contribution is 5.76. The molecule has 17 heavy (non-hydrogen) atoms. The zero-order chi connectivity index (χ0) is 12.3. The summed E-state index contributed by atoms with van der Waals surface area (Å²) in [7, 11) is 0. The Morgan fingerprint density at radius 2 is 1.76 bits per heavy atom. The van der Waals surface area contributed by atoms with E-state index in [-0.39, 0.29) is 0 Å². The molecule has 3 heteroatoms. The van der Waals surface area contributed by atoms with Gasteiger partial charge in [-0.1, -0.05) is 49.6 Å². The average molecular weight is 226 g/mol. The Bertz CT molecular complexity index is 709. The first-order chi connectivity index (χ1) is 8.16. The topological polar surface area (TPSA) is 25.8 Å². The summed E-state index contributed by atoms with van der Waals surface area (Å²) in [5.41, 5.74) is 0.494. The molecule has 2 rings (SSSR count). The van der Waals surface area contributed by atoms with Crippen LogP contribution in [0.3, 0.4) is 0 Å². The van der Waals surface area contributed by atoms with Gasteiger partial charge >= 0.3 is 6.08 Å². The molecule has 1 heterocycles. The third-order valence-corrected chi connectivity index (χ3v) is 2.29. The van der Waals surface area contributed by atoms with Crippen molar-refractivity contribution < 1.29 is 4.39 Å². The molecule has 0 spiro atoms. The SMILES string of the molecule is C=c1ccccc(=C)c2nc(F)ncc2cc1. The molecule has 84 valence electrons. The first-order valence-electron chi connectivity index (χ1n) is 5.10. The van der Waals surface area contributed by atoms with Crippen LogP contribution in [0.5, 0.6) is 0 Å². The second-order valence-corrected chi connectivity index (χ2v) is 3.59. The molecule has 0 aliphatic carbocycles. The molecule has 0 radical (unpaired) electrons. The van der Waals surface area contributed by atoms with Crippen LogP contribution >= 0.6 is 0 Å². The van der Waals surface area contributed by atoms with Crippen molar-refractivity contribution in [2.75, 3.05) is 0 Å². The number of aromatic nitrogens is 2. The second-order valence-electron chi connectivity index (χ2n) is 3.59. The standard InChI is InChI=1S/C14H11FN2/c1-10-5-3-4-6-11(2)13-12(8-7-10)9-16-14(15)17-13/h3-9H,1-2H2. The Hall–Kier alpha value is -2.29. The smallest absolute Gasteiger partial charge is 0.210 e. The Balaban J connectivity index is 2.99. The molecule has 1 aromatic carbocycles. The summed E-state index contributed by atoms with van der Waals surface area (Å²) in [6.45, 7) is 7.71. The monoisotopic (exact) mass is 226 g/mol. The molecule has 0 bridgehead atoms. The third-order valence-electron chi connectivity index (χ3n) is 2.29. The van der Waals surface area contributed by atoms with Gasteiger partial charge in [0.25, 0.3) is 0 Å². The highest BCUT2D eigenvalue weighted by Gasteiger charge is 1.95. The molecule has 0 saturated carbocycles. The lowest BCUT2D eigenvalue weighted by Gasteiger charge is -1.93. The lowest BCUT2D eigenvalue weighted by atomic mass is 10.2. The number of halogens is 1. The van der Waals surface area contributed by atoms with E-state index < -0.39 is 6.08 Å². The maximum atomic E-state index is 13.0. The Morgan fingerprint density at radius 1 is 1.00 bits per heavy atom. The molecule has 0 saturated heterocycles. The number of fused-ring (bicyclic) bond motifs is 1. The van der Waals surface area contributed by atoms with Crippen LogP contribution in [0.2, 0.25) is 0 Å². The molecule has 0 aliphatic rings. The molecule has 2 nitrogen and oxygen atoms in total. The van der Waals surface area contributed by atoms with Crippen molar-refractivity contribution in [3.63, 3.8) is 0 Å². The Labute approximate surface area is 98.1 Å². The van der Waals surface area contributed by atoms with Gasteiger partial charge in [0.15, 0.2) is 0 Å². The van der Waals surface area contributed by atoms with Gasteiger partial charge in [0, 0.05) is 11.6 Å². The second kappa shape index (κ2) is 4.70. The lowest BCUT2D eigenvalue weighted by molar-refractivity contribution is 0.544. The summed E-state index contributed by atoms with van der Waals surface area (Å²) in [6.07, 6.45) is 0.685. The van der Waals surface area contributed by atoms with E-state index in [1.165, 1.54) is 6.20 Å². The van der Waals surface area contributed by atoms with E-state index in [2.05, 4.69) is 23.1 Å². The van der Waals surface area contributed by atoms with Crippen molar-refractivity contribution in [3.8, 4) is 0 Å². The Morgan fingerprint density at radius 3 is 2.59 bits per heavy atom. The predicted octanol–water partition coefficient (Wildman–Crippen LogP) is 1.71. The molecule has 0 aliphatic heterocycles. The minimum absolute atomic E-state index is 0.494. The number of hydrogen-bond donors (Lipinski definition) is 0. The zero-order valence-electron chi connectivity index (χ0n) is 9.23. The maximum absolute atomic E-state index is 13.0. The van der Waals surface area contributed by atoms with Crippen LogP contribution in [0.4, 0.5) is 4.39 Å². The zero-order valence-corrected chi connectivity index (χ0v) is 9.23. The fourth-order valence-electron chi connectivity index (χ4n) is 1.43. The van der Waals surface area contributed by atoms with E-state index in [4.69, 9.17) is 0 Å². The minimum atomic E-state index is -0.752. The molecule has 0 unspecified atom stereocenters. The van der Waals surface area contributed by atoms with E-state index in [9.17, 15) is 4.39 Å². The van der Waals surface area contributed by atoms with E-state index in [0.29, 0.717) is 10.7 Å². The summed E-state index contributed by atoms with van der Waals surface area (Å²) in [5.74, 6) is 0. The van der Waals surface area contributed by atoms with E-state index in [1.807, 2.05) is 24.3 Å². The van der Waals surface area contributed by atoms with Crippen LogP contribution < -0.4 is 10.4 Å². The van der Waals surface area contributed by atoms with Crippen molar-refractivity contribution in [1.82, 2.24) is 9.97 Å². The van der Waals surface area contributed by atoms with E-state index in [0.717, 1.165) is 10.6 Å². The average Bonchev–Trinajstić information content (AvgIpc) is 2.32. The van der Waals surface area contributed by atoms with Crippen LogP contribution in [0.15, 0.2) is 42.6 Å². The van der Waals surface area contributed by atoms with Crippen molar-refractivity contribution in [2.45, 2.75) is 0 Å². The molecule has 0 N–H and O–H groups in total. The first kappa shape index (κ1) is 11.2. The fraction of sp³-hybridized carbons (Fsp3) is 0. The van der Waals surface area contributed by atoms with Crippen LogP contribution in [-0.4, -0.2) is 9.97 Å². The quantitative estimate of drug-likeness (QED) is 0.639. The van der Waals surface area contributed by atoms with Crippen molar-refractivity contribution in [1.29, 1.82) is 0 Å². The normalized spacial score (nSPS) is 9.94. The largest absolute Gasteiger partial charge is 0.309 e. The van der Waals surface area contributed by atoms with Crippen LogP contribution in [-0.2, 0) is 0 Å². The maximum Gasteiger partial charge on any atom is 0.309 e. The fourth-order valence-corrected chi connectivity index (χ4v) is 1.43. The molecule has 0 amide bonds. The third kappa shape index (κ3) is 2.64. The van der Waals surface area contributed by atoms with Gasteiger partial charge in [-0.3, -0.25) is 0 Å². The molecular weight excluding hydrogens is 215 g/mol. The summed E-state index contributed by atoms with van der Waals surface area (Å²) in [6, 6.07) is 10.9. The van der Waals surface area contributed by atoms with Crippen LogP contribution in [0, 0.1) is 6.08 Å². The Kier molecular flexibility index (Phi) is 3.10. The number of rotatable bonds is 0. The van der Waals surface area contributed by atoms with Crippen molar-refractivity contribution >= 4 is 24.1 Å². The summed E-state index contributed by atoms with van der Waals surface area (Å²) in [4.78, 5) is 7.30. The van der Waals surface area contributed by atoms with Gasteiger partial charge in [-0.25, -0.2) is 9.97 Å².